The average molecular weight is 347 g/mol. The van der Waals surface area contributed by atoms with Crippen molar-refractivity contribution in [3.63, 3.8) is 0 Å². The number of likely N-dealkylation sites (N-methyl/N-ethyl adjacent to an activating group) is 1. The summed E-state index contributed by atoms with van der Waals surface area (Å²) in [5.41, 5.74) is 0. The van der Waals surface area contributed by atoms with Gasteiger partial charge in [-0.25, -0.2) is 17.1 Å². The van der Waals surface area contributed by atoms with E-state index in [1.54, 1.807) is 24.2 Å². The molecule has 1 aromatic rings. The second-order valence-corrected chi connectivity index (χ2v) is 8.40. The van der Waals surface area contributed by atoms with Crippen LogP contribution < -0.4 is 0 Å². The van der Waals surface area contributed by atoms with Gasteiger partial charge in [0, 0.05) is 40.0 Å². The number of hydrogen-bond acceptors (Lipinski definition) is 6. The van der Waals surface area contributed by atoms with Gasteiger partial charge in [0.1, 0.15) is 4.88 Å². The molecule has 9 heteroatoms. The summed E-state index contributed by atoms with van der Waals surface area (Å²) < 4.78 is 35.3. The Hall–Kier alpha value is -1.03. The molecule has 0 spiro atoms. The van der Waals surface area contributed by atoms with Crippen molar-refractivity contribution in [1.82, 2.24) is 13.6 Å². The van der Waals surface area contributed by atoms with Crippen molar-refractivity contribution < 1.29 is 17.9 Å². The first kappa shape index (κ1) is 17.3. The van der Waals surface area contributed by atoms with E-state index in [1.165, 1.54) is 11.4 Å². The molecular formula is C13H21N3O4S2. The smallest absolute Gasteiger partial charge is 0.265 e. The van der Waals surface area contributed by atoms with E-state index in [9.17, 15) is 13.2 Å². The Labute approximate surface area is 135 Å². The molecule has 1 atom stereocenters. The van der Waals surface area contributed by atoms with Gasteiger partial charge in [0.2, 0.25) is 10.0 Å². The van der Waals surface area contributed by atoms with Crippen LogP contribution in [0.4, 0.5) is 0 Å². The van der Waals surface area contributed by atoms with Gasteiger partial charge in [-0.15, -0.1) is 0 Å². The molecule has 0 aromatic carbocycles. The van der Waals surface area contributed by atoms with Gasteiger partial charge >= 0.3 is 0 Å². The van der Waals surface area contributed by atoms with Gasteiger partial charge < -0.3 is 9.64 Å². The highest BCUT2D eigenvalue weighted by molar-refractivity contribution is 7.89. The highest BCUT2D eigenvalue weighted by atomic mass is 32.2. The molecule has 1 aliphatic rings. The van der Waals surface area contributed by atoms with Gasteiger partial charge in [0.05, 0.1) is 11.9 Å². The minimum Gasteiger partial charge on any atom is -0.383 e. The fourth-order valence-corrected chi connectivity index (χ4v) is 4.68. The van der Waals surface area contributed by atoms with Gasteiger partial charge in [-0.05, 0) is 30.4 Å². The van der Waals surface area contributed by atoms with E-state index in [4.69, 9.17) is 4.74 Å². The van der Waals surface area contributed by atoms with E-state index >= 15 is 0 Å². The number of carbonyl (C=O) groups is 1. The number of piperidine rings is 1. The minimum absolute atomic E-state index is 0.137. The summed E-state index contributed by atoms with van der Waals surface area (Å²) >= 11 is 1.13. The topological polar surface area (TPSA) is 79.8 Å². The zero-order chi connectivity index (χ0) is 16.2. The molecule has 22 heavy (non-hydrogen) atoms. The Morgan fingerprint density at radius 2 is 2.36 bits per heavy atom. The van der Waals surface area contributed by atoms with Crippen LogP contribution in [0.25, 0.3) is 0 Å². The standard InChI is InChI=1S/C13H21N3O4S2/c1-15(8-9-20-2)22(18,19)11-4-3-7-16(10-11)13(17)12-5-6-14-21-12/h5-6,11H,3-4,7-10H2,1-2H3. The van der Waals surface area contributed by atoms with Gasteiger partial charge in [-0.1, -0.05) is 0 Å². The molecule has 0 aliphatic carbocycles. The number of likely N-dealkylation sites (tertiary alicyclic amines) is 1. The Balaban J connectivity index is 2.05. The zero-order valence-corrected chi connectivity index (χ0v) is 14.4. The maximum absolute atomic E-state index is 12.6. The Kier molecular flexibility index (Phi) is 5.90. The van der Waals surface area contributed by atoms with Gasteiger partial charge in [0.25, 0.3) is 5.91 Å². The fourth-order valence-electron chi connectivity index (χ4n) is 2.45. The second kappa shape index (κ2) is 7.49. The summed E-state index contributed by atoms with van der Waals surface area (Å²) in [6.07, 6.45) is 2.84. The first-order valence-electron chi connectivity index (χ1n) is 7.11. The molecule has 1 unspecified atom stereocenters. The van der Waals surface area contributed by atoms with Crippen molar-refractivity contribution in [2.75, 3.05) is 40.4 Å². The number of carbonyl (C=O) groups excluding carboxylic acids is 1. The van der Waals surface area contributed by atoms with Gasteiger partial charge in [-0.3, -0.25) is 4.79 Å². The lowest BCUT2D eigenvalue weighted by Gasteiger charge is -2.34. The highest BCUT2D eigenvalue weighted by Gasteiger charge is 2.35. The largest absolute Gasteiger partial charge is 0.383 e. The number of rotatable bonds is 6. The van der Waals surface area contributed by atoms with Crippen LogP contribution in [0.15, 0.2) is 12.3 Å². The summed E-state index contributed by atoms with van der Waals surface area (Å²) in [5, 5.41) is -0.556. The molecule has 7 nitrogen and oxygen atoms in total. The number of ether oxygens (including phenoxy) is 1. The molecule has 0 radical (unpaired) electrons. The predicted octanol–water partition coefficient (Wildman–Crippen LogP) is 0.656. The molecule has 1 aromatic heterocycles. The number of amides is 1. The van der Waals surface area contributed by atoms with E-state index in [1.807, 2.05) is 0 Å². The lowest BCUT2D eigenvalue weighted by atomic mass is 10.1. The third-order valence-electron chi connectivity index (χ3n) is 3.78. The first-order chi connectivity index (χ1) is 10.5. The molecule has 2 heterocycles. The average Bonchev–Trinajstić information content (AvgIpc) is 3.06. The SMILES string of the molecule is COCCN(C)S(=O)(=O)C1CCCN(C(=O)c2ccns2)C1. The normalized spacial score (nSPS) is 19.6. The zero-order valence-electron chi connectivity index (χ0n) is 12.8. The van der Waals surface area contributed by atoms with Gasteiger partial charge in [0.15, 0.2) is 0 Å². The van der Waals surface area contributed by atoms with E-state index < -0.39 is 15.3 Å². The van der Waals surface area contributed by atoms with Crippen LogP contribution in [-0.4, -0.2) is 73.6 Å². The first-order valence-corrected chi connectivity index (χ1v) is 9.38. The molecule has 0 bridgehead atoms. The summed E-state index contributed by atoms with van der Waals surface area (Å²) in [4.78, 5) is 14.5. The Morgan fingerprint density at radius 1 is 1.59 bits per heavy atom. The molecule has 0 saturated carbocycles. The lowest BCUT2D eigenvalue weighted by Crippen LogP contribution is -2.49. The molecular weight excluding hydrogens is 326 g/mol. The second-order valence-electron chi connectivity index (χ2n) is 5.25. The van der Waals surface area contributed by atoms with Crippen LogP contribution >= 0.6 is 11.5 Å². The van der Waals surface area contributed by atoms with Crippen molar-refractivity contribution in [2.24, 2.45) is 0 Å². The maximum Gasteiger partial charge on any atom is 0.265 e. The van der Waals surface area contributed by atoms with Crippen molar-refractivity contribution in [2.45, 2.75) is 18.1 Å². The number of hydrogen-bond donors (Lipinski definition) is 0. The number of methoxy groups -OCH3 is 1. The molecule has 2 rings (SSSR count). The third-order valence-corrected chi connectivity index (χ3v) is 6.79. The van der Waals surface area contributed by atoms with Crippen LogP contribution in [0.3, 0.4) is 0 Å². The quantitative estimate of drug-likeness (QED) is 0.755. The van der Waals surface area contributed by atoms with Crippen LogP contribution in [0.5, 0.6) is 0 Å². The van der Waals surface area contributed by atoms with Crippen molar-refractivity contribution in [1.29, 1.82) is 0 Å². The predicted molar refractivity (Wildman–Crippen MR) is 84.5 cm³/mol. The Morgan fingerprint density at radius 3 is 3.00 bits per heavy atom. The monoisotopic (exact) mass is 347 g/mol. The van der Waals surface area contributed by atoms with E-state index in [-0.39, 0.29) is 12.5 Å². The van der Waals surface area contributed by atoms with Crippen molar-refractivity contribution >= 4 is 27.5 Å². The van der Waals surface area contributed by atoms with Crippen LogP contribution in [0.1, 0.15) is 22.5 Å². The molecule has 1 saturated heterocycles. The van der Waals surface area contributed by atoms with Crippen LogP contribution in [0.2, 0.25) is 0 Å². The fraction of sp³-hybridized carbons (Fsp3) is 0.692. The van der Waals surface area contributed by atoms with E-state index in [2.05, 4.69) is 4.37 Å². The number of nitrogens with zero attached hydrogens (tertiary/aromatic N) is 3. The number of sulfonamides is 1. The molecule has 1 aliphatic heterocycles. The van der Waals surface area contributed by atoms with E-state index in [0.717, 1.165) is 11.5 Å². The van der Waals surface area contributed by atoms with Crippen LogP contribution in [0, 0.1) is 0 Å². The number of aromatic nitrogens is 1. The molecule has 1 fully saturated rings. The van der Waals surface area contributed by atoms with Crippen molar-refractivity contribution in [3.05, 3.63) is 17.1 Å². The minimum atomic E-state index is -3.42. The lowest BCUT2D eigenvalue weighted by molar-refractivity contribution is 0.0730. The Bertz CT molecular complexity index is 588. The summed E-state index contributed by atoms with van der Waals surface area (Å²) in [7, 11) is -0.330. The summed E-state index contributed by atoms with van der Waals surface area (Å²) in [5.74, 6) is -0.137. The third kappa shape index (κ3) is 3.83. The van der Waals surface area contributed by atoms with E-state index in [0.29, 0.717) is 37.4 Å². The van der Waals surface area contributed by atoms with Crippen LogP contribution in [-0.2, 0) is 14.8 Å². The summed E-state index contributed by atoms with van der Waals surface area (Å²) in [6.45, 7) is 1.49. The maximum atomic E-state index is 12.6. The summed E-state index contributed by atoms with van der Waals surface area (Å²) in [6, 6.07) is 1.66. The van der Waals surface area contributed by atoms with Gasteiger partial charge in [-0.2, -0.15) is 0 Å². The molecule has 124 valence electrons. The highest BCUT2D eigenvalue weighted by Crippen LogP contribution is 2.22. The van der Waals surface area contributed by atoms with Crippen molar-refractivity contribution in [3.8, 4) is 0 Å². The molecule has 1 amide bonds. The molecule has 0 N–H and O–H groups in total.